The number of anilines is 1. The smallest absolute Gasteiger partial charge is 0.266 e. The highest BCUT2D eigenvalue weighted by Gasteiger charge is 2.14. The summed E-state index contributed by atoms with van der Waals surface area (Å²) in [6.07, 6.45) is 4.95. The van der Waals surface area contributed by atoms with Crippen LogP contribution in [0.5, 0.6) is 0 Å². The lowest BCUT2D eigenvalue weighted by Crippen LogP contribution is -2.18. The molecule has 0 atom stereocenters. The first-order chi connectivity index (χ1) is 12.5. The van der Waals surface area contributed by atoms with Crippen molar-refractivity contribution in [1.82, 2.24) is 15.2 Å². The average Bonchev–Trinajstić information content (AvgIpc) is 3.02. The van der Waals surface area contributed by atoms with E-state index >= 15 is 0 Å². The maximum absolute atomic E-state index is 12.2. The van der Waals surface area contributed by atoms with E-state index in [1.807, 2.05) is 6.07 Å². The summed E-state index contributed by atoms with van der Waals surface area (Å²) in [4.78, 5) is 26.6. The summed E-state index contributed by atoms with van der Waals surface area (Å²) in [5.41, 5.74) is 1.87. The molecule has 0 spiro atoms. The first-order valence-electron chi connectivity index (χ1n) is 8.71. The molecule has 0 unspecified atom stereocenters. The second kappa shape index (κ2) is 9.25. The van der Waals surface area contributed by atoms with Gasteiger partial charge in [0.05, 0.1) is 0 Å². The fourth-order valence-corrected chi connectivity index (χ4v) is 3.57. The molecule has 26 heavy (non-hydrogen) atoms. The van der Waals surface area contributed by atoms with Gasteiger partial charge in [0, 0.05) is 18.5 Å². The molecule has 2 aromatic heterocycles. The van der Waals surface area contributed by atoms with Gasteiger partial charge in [-0.3, -0.25) is 9.59 Å². The number of aromatic amines is 1. The van der Waals surface area contributed by atoms with Gasteiger partial charge in [-0.25, -0.2) is 0 Å². The monoisotopic (exact) mass is 373 g/mol. The summed E-state index contributed by atoms with van der Waals surface area (Å²) in [5.74, 6) is -0.162. The summed E-state index contributed by atoms with van der Waals surface area (Å²) in [5, 5.41) is 21.4. The molecule has 2 rings (SSSR count). The molecule has 0 saturated heterocycles. The summed E-state index contributed by atoms with van der Waals surface area (Å²) in [6.45, 7) is 5.66. The number of pyridine rings is 1. The van der Waals surface area contributed by atoms with Crippen LogP contribution in [0.3, 0.4) is 0 Å². The maximum atomic E-state index is 12.2. The highest BCUT2D eigenvalue weighted by molar-refractivity contribution is 7.15. The van der Waals surface area contributed by atoms with Crippen LogP contribution >= 0.6 is 11.3 Å². The van der Waals surface area contributed by atoms with E-state index in [1.54, 1.807) is 13.8 Å². The number of nitriles is 1. The Morgan fingerprint density at radius 3 is 2.73 bits per heavy atom. The normalized spacial score (nSPS) is 10.5. The van der Waals surface area contributed by atoms with Gasteiger partial charge in [-0.2, -0.15) is 5.26 Å². The number of hydrogen-bond acceptors (Lipinski definition) is 6. The zero-order valence-corrected chi connectivity index (χ0v) is 16.1. The first-order valence-corrected chi connectivity index (χ1v) is 9.52. The fraction of sp³-hybridized carbons (Fsp3) is 0.500. The highest BCUT2D eigenvalue weighted by Crippen LogP contribution is 2.19. The molecule has 0 bridgehead atoms. The van der Waals surface area contributed by atoms with Gasteiger partial charge >= 0.3 is 0 Å². The third kappa shape index (κ3) is 4.99. The molecule has 0 fully saturated rings. The summed E-state index contributed by atoms with van der Waals surface area (Å²) < 4.78 is 0. The van der Waals surface area contributed by atoms with Crippen molar-refractivity contribution in [2.24, 2.45) is 0 Å². The van der Waals surface area contributed by atoms with Gasteiger partial charge in [0.2, 0.25) is 11.0 Å². The number of aromatic nitrogens is 3. The van der Waals surface area contributed by atoms with Crippen LogP contribution in [0, 0.1) is 25.2 Å². The van der Waals surface area contributed by atoms with Crippen LogP contribution < -0.4 is 10.9 Å². The van der Waals surface area contributed by atoms with Gasteiger partial charge in [-0.05, 0) is 37.8 Å². The Bertz CT molecular complexity index is 879. The Morgan fingerprint density at radius 2 is 2.04 bits per heavy atom. The average molecular weight is 373 g/mol. The Morgan fingerprint density at radius 1 is 1.27 bits per heavy atom. The number of carbonyl (C=O) groups excluding carboxylic acids is 1. The van der Waals surface area contributed by atoms with E-state index in [2.05, 4.69) is 27.4 Å². The van der Waals surface area contributed by atoms with Crippen LogP contribution in [0.15, 0.2) is 4.79 Å². The predicted octanol–water partition coefficient (Wildman–Crippen LogP) is 3.02. The largest absolute Gasteiger partial charge is 0.325 e. The molecule has 8 heteroatoms. The molecule has 138 valence electrons. The molecular weight excluding hydrogens is 350 g/mol. The van der Waals surface area contributed by atoms with Crippen LogP contribution in [-0.4, -0.2) is 21.1 Å². The van der Waals surface area contributed by atoms with Crippen LogP contribution in [0.2, 0.25) is 0 Å². The molecule has 0 aliphatic carbocycles. The number of carbonyl (C=O) groups is 1. The van der Waals surface area contributed by atoms with Crippen molar-refractivity contribution < 1.29 is 4.79 Å². The molecule has 2 heterocycles. The van der Waals surface area contributed by atoms with E-state index in [1.165, 1.54) is 11.3 Å². The molecule has 0 radical (unpaired) electrons. The van der Waals surface area contributed by atoms with Crippen molar-refractivity contribution in [1.29, 1.82) is 5.26 Å². The minimum Gasteiger partial charge on any atom is -0.325 e. The number of nitrogens with one attached hydrogen (secondary N) is 2. The van der Waals surface area contributed by atoms with E-state index < -0.39 is 0 Å². The number of amides is 1. The predicted molar refractivity (Wildman–Crippen MR) is 101 cm³/mol. The van der Waals surface area contributed by atoms with Gasteiger partial charge < -0.3 is 10.3 Å². The first kappa shape index (κ1) is 19.8. The van der Waals surface area contributed by atoms with Crippen LogP contribution in [-0.2, 0) is 17.6 Å². The van der Waals surface area contributed by atoms with Crippen LogP contribution in [0.25, 0.3) is 0 Å². The van der Waals surface area contributed by atoms with Gasteiger partial charge in [0.25, 0.3) is 5.56 Å². The number of nitrogens with zero attached hydrogens (tertiary/aromatic N) is 3. The molecule has 2 N–H and O–H groups in total. The quantitative estimate of drug-likeness (QED) is 0.691. The topological polar surface area (TPSA) is 112 Å². The Balaban J connectivity index is 1.96. The lowest BCUT2D eigenvalue weighted by atomic mass is 9.99. The zero-order chi connectivity index (χ0) is 19.1. The molecular formula is C18H23N5O2S. The van der Waals surface area contributed by atoms with E-state index in [4.69, 9.17) is 5.26 Å². The number of rotatable bonds is 8. The molecule has 1 amide bonds. The van der Waals surface area contributed by atoms with Gasteiger partial charge in [0.15, 0.2) is 0 Å². The molecule has 0 aliphatic rings. The second-order valence-electron chi connectivity index (χ2n) is 6.18. The second-order valence-corrected chi connectivity index (χ2v) is 7.24. The Labute approximate surface area is 156 Å². The Kier molecular flexibility index (Phi) is 7.04. The van der Waals surface area contributed by atoms with Gasteiger partial charge in [-0.15, -0.1) is 10.2 Å². The van der Waals surface area contributed by atoms with Crippen LogP contribution in [0.1, 0.15) is 60.0 Å². The van der Waals surface area contributed by atoms with Crippen LogP contribution in [0.4, 0.5) is 5.13 Å². The minimum absolute atomic E-state index is 0.104. The van der Waals surface area contributed by atoms with Gasteiger partial charge in [-0.1, -0.05) is 31.1 Å². The molecule has 0 saturated carbocycles. The maximum Gasteiger partial charge on any atom is 0.266 e. The van der Waals surface area contributed by atoms with Crippen molar-refractivity contribution in [2.75, 3.05) is 5.32 Å². The fourth-order valence-electron chi connectivity index (χ4n) is 2.77. The molecule has 7 nitrogen and oxygen atoms in total. The summed E-state index contributed by atoms with van der Waals surface area (Å²) in [6, 6.07) is 1.92. The van der Waals surface area contributed by atoms with Gasteiger partial charge in [0.1, 0.15) is 16.6 Å². The third-order valence-electron chi connectivity index (χ3n) is 4.23. The number of aryl methyl sites for hydroxylation is 2. The lowest BCUT2D eigenvalue weighted by molar-refractivity contribution is -0.116. The third-order valence-corrected chi connectivity index (χ3v) is 5.13. The minimum atomic E-state index is -0.389. The van der Waals surface area contributed by atoms with E-state index in [0.717, 1.165) is 36.3 Å². The van der Waals surface area contributed by atoms with Crippen molar-refractivity contribution in [3.05, 3.63) is 37.7 Å². The van der Waals surface area contributed by atoms with E-state index in [9.17, 15) is 9.59 Å². The molecule has 0 aromatic carbocycles. The highest BCUT2D eigenvalue weighted by atomic mass is 32.1. The van der Waals surface area contributed by atoms with Crippen molar-refractivity contribution in [2.45, 2.75) is 59.3 Å². The number of unbranched alkanes of at least 4 members (excludes halogenated alkanes) is 2. The van der Waals surface area contributed by atoms with E-state index in [0.29, 0.717) is 22.8 Å². The molecule has 2 aromatic rings. The standard InChI is InChI=1S/C18H23N5O2S/c1-4-5-6-7-16-22-23-18(26-16)21-15(24)9-8-13-11(2)14(10-19)17(25)20-12(13)3/h4-9H2,1-3H3,(H,20,25)(H,21,23,24). The summed E-state index contributed by atoms with van der Waals surface area (Å²) >= 11 is 1.40. The van der Waals surface area contributed by atoms with Crippen molar-refractivity contribution in [3.63, 3.8) is 0 Å². The summed E-state index contributed by atoms with van der Waals surface area (Å²) in [7, 11) is 0. The SMILES string of the molecule is CCCCCc1nnc(NC(=O)CCc2c(C)[nH]c(=O)c(C#N)c2C)s1. The Hall–Kier alpha value is -2.53. The van der Waals surface area contributed by atoms with Crippen molar-refractivity contribution in [3.8, 4) is 6.07 Å². The molecule has 0 aliphatic heterocycles. The zero-order valence-electron chi connectivity index (χ0n) is 15.3. The number of hydrogen-bond donors (Lipinski definition) is 2. The van der Waals surface area contributed by atoms with Crippen molar-refractivity contribution >= 4 is 22.4 Å². The number of H-pyrrole nitrogens is 1. The van der Waals surface area contributed by atoms with E-state index in [-0.39, 0.29) is 23.5 Å². The lowest BCUT2D eigenvalue weighted by Gasteiger charge is -2.10.